The van der Waals surface area contributed by atoms with E-state index in [-0.39, 0.29) is 0 Å². The molecule has 96 valence electrons. The molecule has 1 aromatic carbocycles. The van der Waals surface area contributed by atoms with Gasteiger partial charge in [0.1, 0.15) is 15.8 Å². The first-order chi connectivity index (χ1) is 8.78. The number of hydrogen-bond acceptors (Lipinski definition) is 5. The van der Waals surface area contributed by atoms with Gasteiger partial charge in [-0.2, -0.15) is 0 Å². The van der Waals surface area contributed by atoms with Crippen molar-refractivity contribution < 1.29 is 4.74 Å². The number of hydrogen-bond donors (Lipinski definition) is 1. The van der Waals surface area contributed by atoms with Gasteiger partial charge in [0.15, 0.2) is 0 Å². The van der Waals surface area contributed by atoms with Crippen molar-refractivity contribution in [2.75, 3.05) is 13.2 Å². The molecule has 0 bridgehead atoms. The Bertz CT molecular complexity index is 481. The molecule has 0 unspecified atom stereocenters. The molecule has 4 nitrogen and oxygen atoms in total. The maximum absolute atomic E-state index is 5.65. The van der Waals surface area contributed by atoms with Crippen LogP contribution < -0.4 is 10.5 Å². The van der Waals surface area contributed by atoms with E-state index in [0.29, 0.717) is 13.2 Å². The van der Waals surface area contributed by atoms with Gasteiger partial charge in [-0.1, -0.05) is 17.7 Å². The van der Waals surface area contributed by atoms with Crippen LogP contribution in [0.1, 0.15) is 15.6 Å². The average molecular weight is 263 g/mol. The van der Waals surface area contributed by atoms with Gasteiger partial charge in [-0.15, -0.1) is 21.5 Å². The van der Waals surface area contributed by atoms with Gasteiger partial charge < -0.3 is 10.5 Å². The normalized spacial score (nSPS) is 10.6. The van der Waals surface area contributed by atoms with E-state index in [1.807, 2.05) is 24.3 Å². The molecule has 18 heavy (non-hydrogen) atoms. The Morgan fingerprint density at radius 1 is 1.11 bits per heavy atom. The van der Waals surface area contributed by atoms with E-state index in [9.17, 15) is 0 Å². The van der Waals surface area contributed by atoms with Crippen LogP contribution in [0.2, 0.25) is 0 Å². The highest BCUT2D eigenvalue weighted by Crippen LogP contribution is 2.14. The number of rotatable bonds is 6. The predicted octanol–water partition coefficient (Wildman–Crippen LogP) is 1.97. The second-order valence-electron chi connectivity index (χ2n) is 4.04. The Balaban J connectivity index is 1.79. The quantitative estimate of drug-likeness (QED) is 0.865. The van der Waals surface area contributed by atoms with Gasteiger partial charge in [0.25, 0.3) is 0 Å². The summed E-state index contributed by atoms with van der Waals surface area (Å²) >= 11 is 1.61. The molecule has 5 heteroatoms. The molecular weight excluding hydrogens is 246 g/mol. The minimum Gasteiger partial charge on any atom is -0.493 e. The summed E-state index contributed by atoms with van der Waals surface area (Å²) in [6, 6.07) is 8.05. The van der Waals surface area contributed by atoms with Crippen LogP contribution in [0.15, 0.2) is 24.3 Å². The van der Waals surface area contributed by atoms with Crippen molar-refractivity contribution in [2.45, 2.75) is 19.8 Å². The van der Waals surface area contributed by atoms with Crippen molar-refractivity contribution in [3.8, 4) is 5.75 Å². The molecule has 0 amide bonds. The summed E-state index contributed by atoms with van der Waals surface area (Å²) in [6.07, 6.45) is 1.59. The molecule has 1 aromatic heterocycles. The summed E-state index contributed by atoms with van der Waals surface area (Å²) in [5, 5.41) is 10.2. The van der Waals surface area contributed by atoms with E-state index in [1.54, 1.807) is 11.3 Å². The first kappa shape index (κ1) is 13.0. The lowest BCUT2D eigenvalue weighted by atomic mass is 10.2. The maximum atomic E-state index is 5.65. The zero-order chi connectivity index (χ0) is 12.8. The van der Waals surface area contributed by atoms with Crippen molar-refractivity contribution in [1.29, 1.82) is 0 Å². The van der Waals surface area contributed by atoms with Crippen molar-refractivity contribution in [3.05, 3.63) is 39.8 Å². The smallest absolute Gasteiger partial charge is 0.120 e. The SMILES string of the molecule is Cc1ccc(OCCc2nnc(CCN)s2)cc1. The van der Waals surface area contributed by atoms with Gasteiger partial charge in [-0.05, 0) is 25.6 Å². The first-order valence-corrected chi connectivity index (χ1v) is 6.80. The van der Waals surface area contributed by atoms with Crippen molar-refractivity contribution in [2.24, 2.45) is 5.73 Å². The monoisotopic (exact) mass is 263 g/mol. The third-order valence-electron chi connectivity index (χ3n) is 2.47. The number of nitrogens with zero attached hydrogens (tertiary/aromatic N) is 2. The number of nitrogens with two attached hydrogens (primary N) is 1. The second kappa shape index (κ2) is 6.47. The van der Waals surface area contributed by atoms with E-state index in [4.69, 9.17) is 10.5 Å². The molecule has 0 spiro atoms. The summed E-state index contributed by atoms with van der Waals surface area (Å²) in [5.74, 6) is 0.896. The van der Waals surface area contributed by atoms with Crippen LogP contribution in [0.3, 0.4) is 0 Å². The van der Waals surface area contributed by atoms with E-state index >= 15 is 0 Å². The van der Waals surface area contributed by atoms with Gasteiger partial charge in [0.05, 0.1) is 6.61 Å². The van der Waals surface area contributed by atoms with Crippen LogP contribution in [0.4, 0.5) is 0 Å². The summed E-state index contributed by atoms with van der Waals surface area (Å²) in [7, 11) is 0. The molecule has 0 atom stereocenters. The lowest BCUT2D eigenvalue weighted by Gasteiger charge is -2.04. The van der Waals surface area contributed by atoms with Gasteiger partial charge in [-0.25, -0.2) is 0 Å². The molecule has 0 aliphatic carbocycles. The van der Waals surface area contributed by atoms with Crippen LogP contribution in [-0.2, 0) is 12.8 Å². The predicted molar refractivity (Wildman–Crippen MR) is 73.0 cm³/mol. The first-order valence-electron chi connectivity index (χ1n) is 5.98. The van der Waals surface area contributed by atoms with E-state index in [0.717, 1.165) is 28.6 Å². The highest BCUT2D eigenvalue weighted by Gasteiger charge is 2.03. The Labute approximate surface area is 111 Å². The molecule has 0 saturated heterocycles. The lowest BCUT2D eigenvalue weighted by Crippen LogP contribution is -2.01. The van der Waals surface area contributed by atoms with Crippen LogP contribution in [-0.4, -0.2) is 23.3 Å². The van der Waals surface area contributed by atoms with Crippen molar-refractivity contribution in [1.82, 2.24) is 10.2 Å². The van der Waals surface area contributed by atoms with Gasteiger partial charge in [-0.3, -0.25) is 0 Å². The second-order valence-corrected chi connectivity index (χ2v) is 5.19. The Kier molecular flexibility index (Phi) is 4.66. The number of aryl methyl sites for hydroxylation is 1. The van der Waals surface area contributed by atoms with E-state index in [1.165, 1.54) is 5.56 Å². The third kappa shape index (κ3) is 3.78. The zero-order valence-electron chi connectivity index (χ0n) is 10.4. The standard InChI is InChI=1S/C13H17N3OS/c1-10-2-4-11(5-3-10)17-9-7-13-16-15-12(18-13)6-8-14/h2-5H,6-9,14H2,1H3. The highest BCUT2D eigenvalue weighted by atomic mass is 32.1. The van der Waals surface area contributed by atoms with Gasteiger partial charge >= 0.3 is 0 Å². The van der Waals surface area contributed by atoms with E-state index < -0.39 is 0 Å². The summed E-state index contributed by atoms with van der Waals surface area (Å²) in [6.45, 7) is 3.30. The molecule has 0 fully saturated rings. The largest absolute Gasteiger partial charge is 0.493 e. The molecule has 0 aliphatic rings. The fourth-order valence-electron chi connectivity index (χ4n) is 1.50. The van der Waals surface area contributed by atoms with E-state index in [2.05, 4.69) is 17.1 Å². The number of aromatic nitrogens is 2. The molecule has 2 N–H and O–H groups in total. The summed E-state index contributed by atoms with van der Waals surface area (Å²) < 4.78 is 5.65. The van der Waals surface area contributed by atoms with Crippen molar-refractivity contribution >= 4 is 11.3 Å². The Hall–Kier alpha value is -1.46. The minimum atomic E-state index is 0.620. The van der Waals surface area contributed by atoms with Crippen LogP contribution in [0, 0.1) is 6.92 Å². The molecule has 0 radical (unpaired) electrons. The third-order valence-corrected chi connectivity index (χ3v) is 3.52. The molecule has 0 aliphatic heterocycles. The molecular formula is C13H17N3OS. The van der Waals surface area contributed by atoms with Crippen LogP contribution in [0.5, 0.6) is 5.75 Å². The number of benzene rings is 1. The molecule has 1 heterocycles. The lowest BCUT2D eigenvalue weighted by molar-refractivity contribution is 0.321. The summed E-state index contributed by atoms with van der Waals surface area (Å²) in [4.78, 5) is 0. The van der Waals surface area contributed by atoms with Gasteiger partial charge in [0.2, 0.25) is 0 Å². The van der Waals surface area contributed by atoms with Gasteiger partial charge in [0, 0.05) is 12.8 Å². The topological polar surface area (TPSA) is 61.0 Å². The maximum Gasteiger partial charge on any atom is 0.120 e. The molecule has 2 aromatic rings. The fraction of sp³-hybridized carbons (Fsp3) is 0.385. The minimum absolute atomic E-state index is 0.620. The Morgan fingerprint density at radius 3 is 2.44 bits per heavy atom. The summed E-state index contributed by atoms with van der Waals surface area (Å²) in [5.41, 5.74) is 6.71. The van der Waals surface area contributed by atoms with Crippen molar-refractivity contribution in [3.63, 3.8) is 0 Å². The average Bonchev–Trinajstić information content (AvgIpc) is 2.80. The Morgan fingerprint density at radius 2 is 1.78 bits per heavy atom. The number of ether oxygens (including phenoxy) is 1. The van der Waals surface area contributed by atoms with Crippen LogP contribution >= 0.6 is 11.3 Å². The molecule has 0 saturated carbocycles. The fourth-order valence-corrected chi connectivity index (χ4v) is 2.35. The zero-order valence-corrected chi connectivity index (χ0v) is 11.2. The van der Waals surface area contributed by atoms with Crippen LogP contribution in [0.25, 0.3) is 0 Å². The highest BCUT2D eigenvalue weighted by molar-refractivity contribution is 7.11. The molecule has 2 rings (SSSR count).